The Hall–Kier alpha value is -1.73. The molecule has 1 saturated carbocycles. The molecule has 0 aromatic carbocycles. The first kappa shape index (κ1) is 14.8. The van der Waals surface area contributed by atoms with Crippen LogP contribution in [0, 0.1) is 5.41 Å². The molecule has 3 heterocycles. The van der Waals surface area contributed by atoms with E-state index in [1.807, 2.05) is 28.1 Å². The molecule has 0 bridgehead atoms. The molecule has 1 spiro atoms. The number of carbonyl (C=O) groups excluding carboxylic acids is 1. The Balaban J connectivity index is 1.59. The molecule has 6 nitrogen and oxygen atoms in total. The standard InChI is InChI=1S/C16H21N5OS/c1-20-7-6-18-14(20)9-21(15(22)12-10-23-11-19-12)13-8-16(13)2-4-17-5-3-16/h6-7,10-11,13,17H,2-5,8-9H2,1H3/t13-/m0/s1. The summed E-state index contributed by atoms with van der Waals surface area (Å²) in [5.41, 5.74) is 2.58. The van der Waals surface area contributed by atoms with Gasteiger partial charge in [-0.1, -0.05) is 0 Å². The van der Waals surface area contributed by atoms with Crippen molar-refractivity contribution < 1.29 is 4.79 Å². The second-order valence-electron chi connectivity index (χ2n) is 6.59. The van der Waals surface area contributed by atoms with Crippen molar-refractivity contribution in [2.24, 2.45) is 12.5 Å². The van der Waals surface area contributed by atoms with Crippen LogP contribution >= 0.6 is 11.3 Å². The maximum absolute atomic E-state index is 13.0. The summed E-state index contributed by atoms with van der Waals surface area (Å²) in [7, 11) is 1.97. The lowest BCUT2D eigenvalue weighted by atomic mass is 9.93. The van der Waals surface area contributed by atoms with E-state index in [4.69, 9.17) is 0 Å². The number of nitrogens with one attached hydrogen (secondary N) is 1. The molecule has 2 aliphatic rings. The molecule has 2 aromatic rings. The van der Waals surface area contributed by atoms with Gasteiger partial charge in [-0.2, -0.15) is 0 Å². The number of amides is 1. The molecule has 7 heteroatoms. The number of aryl methyl sites for hydroxylation is 1. The van der Waals surface area contributed by atoms with E-state index < -0.39 is 0 Å². The summed E-state index contributed by atoms with van der Waals surface area (Å²) in [6, 6.07) is 0.315. The predicted molar refractivity (Wildman–Crippen MR) is 88.1 cm³/mol. The van der Waals surface area contributed by atoms with Crippen LogP contribution in [-0.4, -0.2) is 44.5 Å². The molecule has 2 fully saturated rings. The van der Waals surface area contributed by atoms with Crippen molar-refractivity contribution in [2.75, 3.05) is 13.1 Å². The number of hydrogen-bond acceptors (Lipinski definition) is 5. The molecule has 1 atom stereocenters. The minimum atomic E-state index is 0.0367. The smallest absolute Gasteiger partial charge is 0.273 e. The number of nitrogens with zero attached hydrogens (tertiary/aromatic N) is 4. The number of hydrogen-bond donors (Lipinski definition) is 1. The van der Waals surface area contributed by atoms with Crippen LogP contribution < -0.4 is 5.32 Å². The third kappa shape index (κ3) is 2.68. The van der Waals surface area contributed by atoms with Crippen molar-refractivity contribution in [3.05, 3.63) is 34.8 Å². The quantitative estimate of drug-likeness (QED) is 0.925. The monoisotopic (exact) mass is 331 g/mol. The third-order valence-electron chi connectivity index (χ3n) is 5.27. The summed E-state index contributed by atoms with van der Waals surface area (Å²) in [6.07, 6.45) is 7.12. The summed E-state index contributed by atoms with van der Waals surface area (Å²) in [4.78, 5) is 23.6. The Kier molecular flexibility index (Phi) is 3.69. The van der Waals surface area contributed by atoms with E-state index in [2.05, 4.69) is 15.3 Å². The second kappa shape index (κ2) is 5.72. The molecule has 0 unspecified atom stereocenters. The van der Waals surface area contributed by atoms with Gasteiger partial charge in [0.25, 0.3) is 5.91 Å². The minimum Gasteiger partial charge on any atom is -0.337 e. The Morgan fingerprint density at radius 1 is 1.48 bits per heavy atom. The average molecular weight is 331 g/mol. The van der Waals surface area contributed by atoms with Crippen LogP contribution in [0.15, 0.2) is 23.3 Å². The van der Waals surface area contributed by atoms with E-state index in [1.54, 1.807) is 11.7 Å². The summed E-state index contributed by atoms with van der Waals surface area (Å²) in [5.74, 6) is 0.958. The predicted octanol–water partition coefficient (Wildman–Crippen LogP) is 1.66. The van der Waals surface area contributed by atoms with Gasteiger partial charge in [0, 0.05) is 30.9 Å². The van der Waals surface area contributed by atoms with Crippen LogP contribution in [0.5, 0.6) is 0 Å². The third-order valence-corrected chi connectivity index (χ3v) is 5.85. The number of aromatic nitrogens is 3. The van der Waals surface area contributed by atoms with Crippen LogP contribution in [0.1, 0.15) is 35.6 Å². The van der Waals surface area contributed by atoms with E-state index in [0.29, 0.717) is 23.7 Å². The SMILES string of the molecule is Cn1ccnc1CN(C(=O)c1cscn1)[C@H]1CC12CCNCC2. The maximum atomic E-state index is 13.0. The van der Waals surface area contributed by atoms with Crippen LogP contribution in [0.2, 0.25) is 0 Å². The first-order valence-corrected chi connectivity index (χ1v) is 9.00. The molecular weight excluding hydrogens is 310 g/mol. The Bertz CT molecular complexity index is 689. The largest absolute Gasteiger partial charge is 0.337 e. The fourth-order valence-electron chi connectivity index (χ4n) is 3.72. The molecule has 23 heavy (non-hydrogen) atoms. The molecular formula is C16H21N5OS. The van der Waals surface area contributed by atoms with Gasteiger partial charge in [0.05, 0.1) is 12.1 Å². The summed E-state index contributed by atoms with van der Waals surface area (Å²) in [5, 5.41) is 5.26. The van der Waals surface area contributed by atoms with Crippen LogP contribution in [-0.2, 0) is 13.6 Å². The van der Waals surface area contributed by atoms with Crippen LogP contribution in [0.4, 0.5) is 0 Å². The lowest BCUT2D eigenvalue weighted by Crippen LogP contribution is -2.39. The fraction of sp³-hybridized carbons (Fsp3) is 0.562. The topological polar surface area (TPSA) is 63.1 Å². The van der Waals surface area contributed by atoms with Crippen molar-refractivity contribution in [3.8, 4) is 0 Å². The van der Waals surface area contributed by atoms with E-state index in [0.717, 1.165) is 38.2 Å². The molecule has 1 N–H and O–H groups in total. The first-order valence-electron chi connectivity index (χ1n) is 8.06. The van der Waals surface area contributed by atoms with Crippen LogP contribution in [0.3, 0.4) is 0 Å². The molecule has 1 amide bonds. The van der Waals surface area contributed by atoms with E-state index >= 15 is 0 Å². The fourth-order valence-corrected chi connectivity index (χ4v) is 4.24. The van der Waals surface area contributed by atoms with Crippen molar-refractivity contribution in [2.45, 2.75) is 31.8 Å². The van der Waals surface area contributed by atoms with Crippen molar-refractivity contribution >= 4 is 17.2 Å². The molecule has 0 radical (unpaired) electrons. The summed E-state index contributed by atoms with van der Waals surface area (Å²) >= 11 is 1.47. The van der Waals surface area contributed by atoms with E-state index in [-0.39, 0.29) is 5.91 Å². The average Bonchev–Trinajstić information content (AvgIpc) is 2.98. The zero-order valence-corrected chi connectivity index (χ0v) is 14.1. The zero-order chi connectivity index (χ0) is 15.9. The van der Waals surface area contributed by atoms with Crippen molar-refractivity contribution in [1.29, 1.82) is 0 Å². The molecule has 1 aliphatic heterocycles. The van der Waals surface area contributed by atoms with Gasteiger partial charge >= 0.3 is 0 Å². The lowest BCUT2D eigenvalue weighted by molar-refractivity contribution is 0.0680. The highest BCUT2D eigenvalue weighted by Crippen LogP contribution is 2.56. The lowest BCUT2D eigenvalue weighted by Gasteiger charge is -2.29. The van der Waals surface area contributed by atoms with Gasteiger partial charge in [0.2, 0.25) is 0 Å². The van der Waals surface area contributed by atoms with Gasteiger partial charge in [0.15, 0.2) is 0 Å². The first-order chi connectivity index (χ1) is 11.2. The molecule has 122 valence electrons. The maximum Gasteiger partial charge on any atom is 0.273 e. The van der Waals surface area contributed by atoms with Crippen molar-refractivity contribution in [1.82, 2.24) is 24.8 Å². The highest BCUT2D eigenvalue weighted by Gasteiger charge is 2.58. The minimum absolute atomic E-state index is 0.0367. The van der Waals surface area contributed by atoms with E-state index in [1.165, 1.54) is 11.3 Å². The molecule has 4 rings (SSSR count). The number of rotatable bonds is 4. The highest BCUT2D eigenvalue weighted by atomic mass is 32.1. The number of thiazole rings is 1. The number of imidazole rings is 1. The molecule has 1 aliphatic carbocycles. The Morgan fingerprint density at radius 3 is 2.96 bits per heavy atom. The zero-order valence-electron chi connectivity index (χ0n) is 13.2. The number of piperidine rings is 1. The summed E-state index contributed by atoms with van der Waals surface area (Å²) in [6.45, 7) is 2.66. The van der Waals surface area contributed by atoms with Gasteiger partial charge in [-0.3, -0.25) is 4.79 Å². The van der Waals surface area contributed by atoms with Gasteiger partial charge in [-0.25, -0.2) is 9.97 Å². The van der Waals surface area contributed by atoms with Crippen molar-refractivity contribution in [3.63, 3.8) is 0 Å². The number of carbonyl (C=O) groups is 1. The van der Waals surface area contributed by atoms with Gasteiger partial charge in [-0.15, -0.1) is 11.3 Å². The van der Waals surface area contributed by atoms with Gasteiger partial charge in [-0.05, 0) is 37.8 Å². The normalized spacial score (nSPS) is 22.2. The Labute approximate surface area is 139 Å². The highest BCUT2D eigenvalue weighted by molar-refractivity contribution is 7.07. The van der Waals surface area contributed by atoms with E-state index in [9.17, 15) is 4.79 Å². The van der Waals surface area contributed by atoms with Gasteiger partial charge in [0.1, 0.15) is 11.5 Å². The van der Waals surface area contributed by atoms with Gasteiger partial charge < -0.3 is 14.8 Å². The molecule has 1 saturated heterocycles. The summed E-state index contributed by atoms with van der Waals surface area (Å²) < 4.78 is 1.98. The van der Waals surface area contributed by atoms with Crippen LogP contribution in [0.25, 0.3) is 0 Å². The molecule has 2 aromatic heterocycles. The Morgan fingerprint density at radius 2 is 2.30 bits per heavy atom. The second-order valence-corrected chi connectivity index (χ2v) is 7.31.